The molecule has 1 aromatic rings. The number of halogens is 2. The highest BCUT2D eigenvalue weighted by molar-refractivity contribution is 9.11. The summed E-state index contributed by atoms with van der Waals surface area (Å²) in [5.74, 6) is -0.828. The van der Waals surface area contributed by atoms with E-state index in [1.807, 2.05) is 26.0 Å². The van der Waals surface area contributed by atoms with Gasteiger partial charge in [0.25, 0.3) is 0 Å². The fourth-order valence-electron chi connectivity index (χ4n) is 1.56. The van der Waals surface area contributed by atoms with E-state index in [1.165, 1.54) is 0 Å². The highest BCUT2D eigenvalue weighted by Gasteiger charge is 2.18. The van der Waals surface area contributed by atoms with E-state index in [1.54, 1.807) is 0 Å². The summed E-state index contributed by atoms with van der Waals surface area (Å²) >= 11 is 6.88. The summed E-state index contributed by atoms with van der Waals surface area (Å²) in [5, 5.41) is 12.2. The Hall–Kier alpha value is -0.550. The maximum absolute atomic E-state index is 11.1. The van der Waals surface area contributed by atoms with Gasteiger partial charge in [-0.25, -0.2) is 4.79 Å². The minimum atomic E-state index is -0.828. The molecule has 0 heterocycles. The zero-order chi connectivity index (χ0) is 13.0. The van der Waals surface area contributed by atoms with E-state index in [0.29, 0.717) is 6.42 Å². The average Bonchev–Trinajstić information content (AvgIpc) is 2.21. The van der Waals surface area contributed by atoms with Crippen molar-refractivity contribution in [1.29, 1.82) is 0 Å². The van der Waals surface area contributed by atoms with Gasteiger partial charge >= 0.3 is 5.97 Å². The summed E-state index contributed by atoms with van der Waals surface area (Å²) in [6, 6.07) is 3.35. The van der Waals surface area contributed by atoms with Gasteiger partial charge < -0.3 is 10.4 Å². The standard InChI is InChI=1S/C12H15Br2NO2/c1-3-4-10(12(16)17)15-11-8(13)5-7(2)6-9(11)14/h5-6,10,15H,3-4H2,1-2H3,(H,16,17). The smallest absolute Gasteiger partial charge is 0.326 e. The van der Waals surface area contributed by atoms with E-state index in [0.717, 1.165) is 26.6 Å². The number of rotatable bonds is 5. The third-order valence-corrected chi connectivity index (χ3v) is 3.63. The Bertz CT molecular complexity index is 398. The zero-order valence-electron chi connectivity index (χ0n) is 9.76. The molecule has 0 saturated heterocycles. The molecule has 0 aliphatic carbocycles. The number of carboxylic acids is 1. The molecule has 0 fully saturated rings. The van der Waals surface area contributed by atoms with Crippen molar-refractivity contribution in [2.45, 2.75) is 32.7 Å². The molecule has 5 heteroatoms. The maximum atomic E-state index is 11.1. The van der Waals surface area contributed by atoms with Crippen molar-refractivity contribution in [3.63, 3.8) is 0 Å². The summed E-state index contributed by atoms with van der Waals surface area (Å²) < 4.78 is 1.73. The molecule has 0 aliphatic rings. The van der Waals surface area contributed by atoms with Crippen LogP contribution in [0, 0.1) is 6.92 Å². The predicted molar refractivity (Wildman–Crippen MR) is 76.5 cm³/mol. The Balaban J connectivity index is 2.97. The number of hydrogen-bond donors (Lipinski definition) is 2. The number of aliphatic carboxylic acids is 1. The molecule has 0 amide bonds. The van der Waals surface area contributed by atoms with Gasteiger partial charge in [-0.1, -0.05) is 13.3 Å². The Morgan fingerprint density at radius 3 is 2.35 bits per heavy atom. The van der Waals surface area contributed by atoms with Gasteiger partial charge in [0.05, 0.1) is 5.69 Å². The lowest BCUT2D eigenvalue weighted by Gasteiger charge is -2.18. The number of nitrogens with one attached hydrogen (secondary N) is 1. The summed E-state index contributed by atoms with van der Waals surface area (Å²) in [6.45, 7) is 3.96. The first-order valence-electron chi connectivity index (χ1n) is 5.40. The van der Waals surface area contributed by atoms with E-state index in [-0.39, 0.29) is 0 Å². The second-order valence-electron chi connectivity index (χ2n) is 3.93. The SMILES string of the molecule is CCCC(Nc1c(Br)cc(C)cc1Br)C(=O)O. The minimum absolute atomic E-state index is 0.560. The van der Waals surface area contributed by atoms with Gasteiger partial charge in [0.1, 0.15) is 6.04 Å². The molecule has 3 nitrogen and oxygen atoms in total. The highest BCUT2D eigenvalue weighted by Crippen LogP contribution is 2.33. The van der Waals surface area contributed by atoms with Crippen LogP contribution in [0.4, 0.5) is 5.69 Å². The molecule has 0 bridgehead atoms. The monoisotopic (exact) mass is 363 g/mol. The molecule has 2 N–H and O–H groups in total. The Morgan fingerprint density at radius 2 is 1.94 bits per heavy atom. The molecule has 0 spiro atoms. The molecule has 1 atom stereocenters. The number of aryl methyl sites for hydroxylation is 1. The van der Waals surface area contributed by atoms with Gasteiger partial charge in [-0.05, 0) is 62.9 Å². The summed E-state index contributed by atoms with van der Waals surface area (Å²) in [7, 11) is 0. The van der Waals surface area contributed by atoms with Crippen molar-refractivity contribution >= 4 is 43.5 Å². The van der Waals surface area contributed by atoms with Crippen molar-refractivity contribution in [3.8, 4) is 0 Å². The second kappa shape index (κ2) is 6.40. The van der Waals surface area contributed by atoms with Gasteiger partial charge in [0, 0.05) is 8.95 Å². The fraction of sp³-hybridized carbons (Fsp3) is 0.417. The van der Waals surface area contributed by atoms with Crippen LogP contribution in [-0.4, -0.2) is 17.1 Å². The van der Waals surface area contributed by atoms with Crippen LogP contribution in [0.1, 0.15) is 25.3 Å². The van der Waals surface area contributed by atoms with Crippen molar-refractivity contribution in [2.24, 2.45) is 0 Å². The number of carboxylic acid groups (broad SMARTS) is 1. The van der Waals surface area contributed by atoms with E-state index < -0.39 is 12.0 Å². The van der Waals surface area contributed by atoms with Crippen LogP contribution in [0.5, 0.6) is 0 Å². The average molecular weight is 365 g/mol. The predicted octanol–water partition coefficient (Wildman–Crippen LogP) is 4.19. The molecule has 94 valence electrons. The molecule has 17 heavy (non-hydrogen) atoms. The van der Waals surface area contributed by atoms with Crippen LogP contribution in [0.25, 0.3) is 0 Å². The summed E-state index contributed by atoms with van der Waals surface area (Å²) in [5.41, 5.74) is 1.90. The Labute approximate surface area is 118 Å². The lowest BCUT2D eigenvalue weighted by atomic mass is 10.1. The largest absolute Gasteiger partial charge is 0.480 e. The topological polar surface area (TPSA) is 49.3 Å². The minimum Gasteiger partial charge on any atom is -0.480 e. The highest BCUT2D eigenvalue weighted by atomic mass is 79.9. The number of anilines is 1. The normalized spacial score (nSPS) is 12.2. The molecule has 0 saturated carbocycles. The van der Waals surface area contributed by atoms with Gasteiger partial charge in [-0.15, -0.1) is 0 Å². The number of benzene rings is 1. The molecule has 1 unspecified atom stereocenters. The lowest BCUT2D eigenvalue weighted by molar-refractivity contribution is -0.138. The van der Waals surface area contributed by atoms with E-state index >= 15 is 0 Å². The fourth-order valence-corrected chi connectivity index (χ4v) is 3.20. The van der Waals surface area contributed by atoms with Gasteiger partial charge in [0.2, 0.25) is 0 Å². The molecule has 1 rings (SSSR count). The first-order chi connectivity index (χ1) is 7.95. The molecule has 1 aromatic carbocycles. The van der Waals surface area contributed by atoms with Gasteiger partial charge in [-0.2, -0.15) is 0 Å². The first-order valence-corrected chi connectivity index (χ1v) is 6.99. The van der Waals surface area contributed by atoms with Crippen molar-refractivity contribution in [2.75, 3.05) is 5.32 Å². The van der Waals surface area contributed by atoms with Crippen LogP contribution in [-0.2, 0) is 4.79 Å². The van der Waals surface area contributed by atoms with Crippen LogP contribution >= 0.6 is 31.9 Å². The van der Waals surface area contributed by atoms with Gasteiger partial charge in [0.15, 0.2) is 0 Å². The van der Waals surface area contributed by atoms with Crippen LogP contribution in [0.3, 0.4) is 0 Å². The van der Waals surface area contributed by atoms with E-state index in [2.05, 4.69) is 37.2 Å². The van der Waals surface area contributed by atoms with Crippen molar-refractivity contribution < 1.29 is 9.90 Å². The van der Waals surface area contributed by atoms with Crippen molar-refractivity contribution in [1.82, 2.24) is 0 Å². The maximum Gasteiger partial charge on any atom is 0.326 e. The Morgan fingerprint density at radius 1 is 1.41 bits per heavy atom. The molecule has 0 radical (unpaired) electrons. The molecule has 0 aliphatic heterocycles. The summed E-state index contributed by atoms with van der Waals surface area (Å²) in [4.78, 5) is 11.1. The zero-order valence-corrected chi connectivity index (χ0v) is 12.9. The third-order valence-electron chi connectivity index (χ3n) is 2.38. The van der Waals surface area contributed by atoms with E-state index in [4.69, 9.17) is 5.11 Å². The molecule has 0 aromatic heterocycles. The van der Waals surface area contributed by atoms with Gasteiger partial charge in [-0.3, -0.25) is 0 Å². The quantitative estimate of drug-likeness (QED) is 0.823. The number of carbonyl (C=O) groups is 1. The molecular formula is C12H15Br2NO2. The van der Waals surface area contributed by atoms with E-state index in [9.17, 15) is 4.79 Å². The van der Waals surface area contributed by atoms with Crippen LogP contribution in [0.15, 0.2) is 21.1 Å². The Kier molecular flexibility index (Phi) is 5.46. The van der Waals surface area contributed by atoms with Crippen LogP contribution < -0.4 is 5.32 Å². The summed E-state index contributed by atoms with van der Waals surface area (Å²) in [6.07, 6.45) is 1.42. The van der Waals surface area contributed by atoms with Crippen LogP contribution in [0.2, 0.25) is 0 Å². The third kappa shape index (κ3) is 4.00. The first kappa shape index (κ1) is 14.5. The number of hydrogen-bond acceptors (Lipinski definition) is 2. The lowest BCUT2D eigenvalue weighted by Crippen LogP contribution is -2.29. The second-order valence-corrected chi connectivity index (χ2v) is 5.64. The molecular weight excluding hydrogens is 350 g/mol. The van der Waals surface area contributed by atoms with Crippen molar-refractivity contribution in [3.05, 3.63) is 26.6 Å².